The molecule has 3 N–H and O–H groups in total. The van der Waals surface area contributed by atoms with Crippen LogP contribution in [0.3, 0.4) is 0 Å². The smallest absolute Gasteiger partial charge is 0.326 e. The molecule has 1 aromatic rings. The largest absolute Gasteiger partial charge is 0.480 e. The van der Waals surface area contributed by atoms with Crippen LogP contribution in [0.2, 0.25) is 0 Å². The van der Waals surface area contributed by atoms with E-state index in [-0.39, 0.29) is 0 Å². The van der Waals surface area contributed by atoms with Gasteiger partial charge in [0.1, 0.15) is 6.04 Å². The second-order valence-electron chi connectivity index (χ2n) is 5.21. The normalized spacial score (nSPS) is 32.9. The molecule has 4 atom stereocenters. The van der Waals surface area contributed by atoms with Crippen molar-refractivity contribution in [1.29, 1.82) is 0 Å². The monoisotopic (exact) mass is 252 g/mol. The highest BCUT2D eigenvalue weighted by Crippen LogP contribution is 2.53. The fourth-order valence-electron chi connectivity index (χ4n) is 3.29. The number of nitrogens with zero attached hydrogens (tertiary/aromatic N) is 1. The van der Waals surface area contributed by atoms with E-state index < -0.39 is 12.0 Å². The molecule has 4 nitrogen and oxygen atoms in total. The van der Waals surface area contributed by atoms with E-state index in [0.29, 0.717) is 11.6 Å². The number of aliphatic carboxylic acids is 1. The van der Waals surface area contributed by atoms with Crippen LogP contribution in [0.4, 0.5) is 0 Å². The average Bonchev–Trinajstić information content (AvgIpc) is 3.02. The van der Waals surface area contributed by atoms with Gasteiger partial charge in [-0.25, -0.2) is 4.98 Å². The molecule has 0 spiro atoms. The zero-order valence-corrected chi connectivity index (χ0v) is 10.3. The molecule has 17 heavy (non-hydrogen) atoms. The fraction of sp³-hybridized carbons (Fsp3) is 0.667. The van der Waals surface area contributed by atoms with Gasteiger partial charge in [0.15, 0.2) is 0 Å². The molecule has 2 bridgehead atoms. The molecule has 0 amide bonds. The summed E-state index contributed by atoms with van der Waals surface area (Å²) in [5.74, 6) is 1.22. The SMILES string of the molecule is NC(C(=O)O)c1csc(C2CC3CCC2C3)n1. The molecule has 2 aliphatic carbocycles. The third kappa shape index (κ3) is 1.87. The van der Waals surface area contributed by atoms with Crippen LogP contribution >= 0.6 is 11.3 Å². The summed E-state index contributed by atoms with van der Waals surface area (Å²) in [6.45, 7) is 0. The molecule has 0 aliphatic heterocycles. The van der Waals surface area contributed by atoms with Crippen LogP contribution in [0, 0.1) is 11.8 Å². The fourth-order valence-corrected chi connectivity index (χ4v) is 4.35. The molecule has 2 aliphatic rings. The van der Waals surface area contributed by atoms with Crippen LogP contribution in [0.1, 0.15) is 48.3 Å². The summed E-state index contributed by atoms with van der Waals surface area (Å²) in [6, 6.07) is -0.974. The Morgan fingerprint density at radius 1 is 1.53 bits per heavy atom. The van der Waals surface area contributed by atoms with E-state index in [1.54, 1.807) is 16.7 Å². The Bertz CT molecular complexity index is 445. The first-order valence-corrected chi connectivity index (χ1v) is 6.97. The maximum Gasteiger partial charge on any atom is 0.326 e. The molecule has 3 rings (SSSR count). The minimum Gasteiger partial charge on any atom is -0.480 e. The number of carboxylic acids is 1. The third-order valence-corrected chi connectivity index (χ3v) is 5.17. The van der Waals surface area contributed by atoms with Crippen LogP contribution in [-0.2, 0) is 4.79 Å². The first kappa shape index (κ1) is 11.2. The Morgan fingerprint density at radius 2 is 2.35 bits per heavy atom. The van der Waals surface area contributed by atoms with Gasteiger partial charge in [-0.15, -0.1) is 11.3 Å². The zero-order valence-electron chi connectivity index (χ0n) is 9.50. The number of carbonyl (C=O) groups is 1. The molecule has 1 heterocycles. The molecule has 2 fully saturated rings. The molecule has 2 saturated carbocycles. The van der Waals surface area contributed by atoms with Gasteiger partial charge in [-0.05, 0) is 31.1 Å². The Balaban J connectivity index is 1.79. The minimum atomic E-state index is -1.00. The summed E-state index contributed by atoms with van der Waals surface area (Å²) in [6.07, 6.45) is 5.26. The maximum atomic E-state index is 10.8. The lowest BCUT2D eigenvalue weighted by atomic mass is 9.89. The van der Waals surface area contributed by atoms with Gasteiger partial charge in [-0.3, -0.25) is 4.79 Å². The summed E-state index contributed by atoms with van der Waals surface area (Å²) in [4.78, 5) is 15.2. The molecule has 0 radical (unpaired) electrons. The lowest BCUT2D eigenvalue weighted by Crippen LogP contribution is -2.21. The lowest BCUT2D eigenvalue weighted by Gasteiger charge is -2.18. The third-order valence-electron chi connectivity index (χ3n) is 4.18. The number of rotatable bonds is 3. The standard InChI is InChI=1S/C12H16N2O2S/c13-10(12(15)16)9-5-17-11(14-9)8-4-6-1-2-7(8)3-6/h5-8,10H,1-4,13H2,(H,15,16). The van der Waals surface area contributed by atoms with E-state index >= 15 is 0 Å². The Kier molecular flexibility index (Phi) is 2.67. The van der Waals surface area contributed by atoms with E-state index in [9.17, 15) is 4.79 Å². The van der Waals surface area contributed by atoms with Crippen molar-refractivity contribution >= 4 is 17.3 Å². The van der Waals surface area contributed by atoms with Crippen molar-refractivity contribution in [3.8, 4) is 0 Å². The van der Waals surface area contributed by atoms with Gasteiger partial charge in [0.05, 0.1) is 10.7 Å². The molecular formula is C12H16N2O2S. The van der Waals surface area contributed by atoms with Gasteiger partial charge < -0.3 is 10.8 Å². The van der Waals surface area contributed by atoms with Crippen LogP contribution < -0.4 is 5.73 Å². The topological polar surface area (TPSA) is 76.2 Å². The molecular weight excluding hydrogens is 236 g/mol. The molecule has 92 valence electrons. The van der Waals surface area contributed by atoms with Crippen LogP contribution in [-0.4, -0.2) is 16.1 Å². The van der Waals surface area contributed by atoms with E-state index in [1.807, 2.05) is 0 Å². The zero-order chi connectivity index (χ0) is 12.0. The number of thiazole rings is 1. The molecule has 5 heteroatoms. The van der Waals surface area contributed by atoms with Crippen LogP contribution in [0.15, 0.2) is 5.38 Å². The highest BCUT2D eigenvalue weighted by atomic mass is 32.1. The summed E-state index contributed by atoms with van der Waals surface area (Å²) < 4.78 is 0. The van der Waals surface area contributed by atoms with E-state index in [0.717, 1.165) is 16.8 Å². The average molecular weight is 252 g/mol. The predicted molar refractivity (Wildman–Crippen MR) is 64.9 cm³/mol. The van der Waals surface area contributed by atoms with Crippen molar-refractivity contribution in [3.05, 3.63) is 16.1 Å². The molecule has 1 aromatic heterocycles. The second kappa shape index (κ2) is 4.07. The maximum absolute atomic E-state index is 10.8. The number of hydrogen-bond acceptors (Lipinski definition) is 4. The molecule has 4 unspecified atom stereocenters. The number of fused-ring (bicyclic) bond motifs is 2. The van der Waals surface area contributed by atoms with Gasteiger partial charge in [0.2, 0.25) is 0 Å². The van der Waals surface area contributed by atoms with Crippen molar-refractivity contribution in [2.45, 2.75) is 37.6 Å². The summed E-state index contributed by atoms with van der Waals surface area (Å²) in [5.41, 5.74) is 6.08. The predicted octanol–water partition coefficient (Wildman–Crippen LogP) is 2.13. The number of carboxylic acid groups (broad SMARTS) is 1. The highest BCUT2D eigenvalue weighted by Gasteiger charge is 2.41. The van der Waals surface area contributed by atoms with Crippen molar-refractivity contribution in [2.24, 2.45) is 17.6 Å². The molecule has 0 aromatic carbocycles. The number of nitrogens with two attached hydrogens (primary N) is 1. The molecule has 0 saturated heterocycles. The first-order valence-electron chi connectivity index (χ1n) is 6.09. The van der Waals surface area contributed by atoms with Gasteiger partial charge >= 0.3 is 5.97 Å². The van der Waals surface area contributed by atoms with E-state index in [4.69, 9.17) is 10.8 Å². The van der Waals surface area contributed by atoms with Gasteiger partial charge in [0, 0.05) is 11.3 Å². The van der Waals surface area contributed by atoms with E-state index in [2.05, 4.69) is 4.98 Å². The number of aromatic nitrogens is 1. The van der Waals surface area contributed by atoms with E-state index in [1.165, 1.54) is 25.7 Å². The van der Waals surface area contributed by atoms with Crippen molar-refractivity contribution in [1.82, 2.24) is 4.98 Å². The van der Waals surface area contributed by atoms with Gasteiger partial charge in [0.25, 0.3) is 0 Å². The Hall–Kier alpha value is -0.940. The van der Waals surface area contributed by atoms with Crippen molar-refractivity contribution in [3.63, 3.8) is 0 Å². The number of hydrogen-bond donors (Lipinski definition) is 2. The van der Waals surface area contributed by atoms with Gasteiger partial charge in [-0.2, -0.15) is 0 Å². The minimum absolute atomic E-state index is 0.514. The van der Waals surface area contributed by atoms with Crippen LogP contribution in [0.5, 0.6) is 0 Å². The Morgan fingerprint density at radius 3 is 2.94 bits per heavy atom. The summed E-state index contributed by atoms with van der Waals surface area (Å²) in [5, 5.41) is 11.8. The van der Waals surface area contributed by atoms with Crippen molar-refractivity contribution < 1.29 is 9.90 Å². The highest BCUT2D eigenvalue weighted by molar-refractivity contribution is 7.09. The quantitative estimate of drug-likeness (QED) is 0.864. The Labute approximate surface area is 104 Å². The first-order chi connectivity index (χ1) is 8.15. The second-order valence-corrected chi connectivity index (χ2v) is 6.10. The summed E-state index contributed by atoms with van der Waals surface area (Å²) in [7, 11) is 0. The summed E-state index contributed by atoms with van der Waals surface area (Å²) >= 11 is 1.58. The lowest BCUT2D eigenvalue weighted by molar-refractivity contribution is -0.138. The van der Waals surface area contributed by atoms with Crippen molar-refractivity contribution in [2.75, 3.05) is 0 Å². The van der Waals surface area contributed by atoms with Crippen LogP contribution in [0.25, 0.3) is 0 Å². The van der Waals surface area contributed by atoms with Gasteiger partial charge in [-0.1, -0.05) is 6.42 Å².